The van der Waals surface area contributed by atoms with E-state index in [1.807, 2.05) is 30.0 Å². The molecule has 0 atom stereocenters. The lowest BCUT2D eigenvalue weighted by atomic mass is 10.0. The van der Waals surface area contributed by atoms with Gasteiger partial charge in [0.1, 0.15) is 5.70 Å². The van der Waals surface area contributed by atoms with Gasteiger partial charge in [0.2, 0.25) is 0 Å². The predicted molar refractivity (Wildman–Crippen MR) is 108 cm³/mol. The van der Waals surface area contributed by atoms with Crippen molar-refractivity contribution in [1.29, 1.82) is 0 Å². The van der Waals surface area contributed by atoms with Crippen LogP contribution in [0.5, 0.6) is 0 Å². The molecule has 2 heterocycles. The van der Waals surface area contributed by atoms with Gasteiger partial charge in [0.05, 0.1) is 16.3 Å². The number of nitrogens with zero attached hydrogens (tertiary/aromatic N) is 2. The number of rotatable bonds is 3. The molecule has 27 heavy (non-hydrogen) atoms. The average Bonchev–Trinajstić information content (AvgIpc) is 3.22. The van der Waals surface area contributed by atoms with Gasteiger partial charge in [-0.3, -0.25) is 9.59 Å². The van der Waals surface area contributed by atoms with Gasteiger partial charge in [-0.25, -0.2) is 4.90 Å². The van der Waals surface area contributed by atoms with E-state index in [1.165, 1.54) is 4.90 Å². The summed E-state index contributed by atoms with van der Waals surface area (Å²) in [5, 5.41) is 0.848. The molecule has 0 saturated carbocycles. The number of hydrogen-bond acceptors (Lipinski definition) is 3. The summed E-state index contributed by atoms with van der Waals surface area (Å²) in [5.41, 5.74) is 2.88. The molecule has 1 saturated heterocycles. The largest absolute Gasteiger partial charge is 0.366 e. The van der Waals surface area contributed by atoms with Gasteiger partial charge in [0, 0.05) is 23.7 Å². The van der Waals surface area contributed by atoms with Crippen molar-refractivity contribution in [1.82, 2.24) is 4.90 Å². The van der Waals surface area contributed by atoms with Crippen LogP contribution in [0.3, 0.4) is 0 Å². The Kier molecular flexibility index (Phi) is 4.70. The maximum absolute atomic E-state index is 13.4. The van der Waals surface area contributed by atoms with Crippen LogP contribution in [0.2, 0.25) is 10.0 Å². The minimum atomic E-state index is -0.350. The van der Waals surface area contributed by atoms with Crippen LogP contribution in [0.4, 0.5) is 5.69 Å². The number of amides is 2. The summed E-state index contributed by atoms with van der Waals surface area (Å²) < 4.78 is 0. The Balaban J connectivity index is 1.88. The van der Waals surface area contributed by atoms with Gasteiger partial charge in [0.15, 0.2) is 0 Å². The van der Waals surface area contributed by atoms with Crippen LogP contribution in [-0.4, -0.2) is 29.8 Å². The number of aryl methyl sites for hydroxylation is 1. The molecule has 2 aromatic carbocycles. The molecule has 4 rings (SSSR count). The maximum Gasteiger partial charge on any atom is 0.282 e. The quantitative estimate of drug-likeness (QED) is 0.702. The Morgan fingerprint density at radius 1 is 0.926 bits per heavy atom. The Morgan fingerprint density at radius 3 is 2.33 bits per heavy atom. The Labute approximate surface area is 168 Å². The van der Waals surface area contributed by atoms with E-state index in [9.17, 15) is 9.59 Å². The number of carbonyl (C=O) groups excluding carboxylic acids is 2. The van der Waals surface area contributed by atoms with Crippen molar-refractivity contribution in [3.63, 3.8) is 0 Å². The number of anilines is 1. The van der Waals surface area contributed by atoms with E-state index < -0.39 is 0 Å². The summed E-state index contributed by atoms with van der Waals surface area (Å²) in [7, 11) is 0. The first-order valence-electron chi connectivity index (χ1n) is 8.87. The fourth-order valence-electron chi connectivity index (χ4n) is 3.69. The fourth-order valence-corrected chi connectivity index (χ4v) is 4.19. The highest BCUT2D eigenvalue weighted by molar-refractivity contribution is 6.47. The number of hydrogen-bond donors (Lipinski definition) is 0. The molecule has 0 spiro atoms. The second-order valence-corrected chi connectivity index (χ2v) is 7.67. The smallest absolute Gasteiger partial charge is 0.282 e. The van der Waals surface area contributed by atoms with Crippen LogP contribution in [0.15, 0.2) is 48.2 Å². The van der Waals surface area contributed by atoms with Crippen LogP contribution >= 0.6 is 23.2 Å². The lowest BCUT2D eigenvalue weighted by Crippen LogP contribution is -2.34. The Hall–Kier alpha value is -2.30. The molecule has 0 aromatic heterocycles. The fraction of sp³-hybridized carbons (Fsp3) is 0.238. The van der Waals surface area contributed by atoms with Crippen molar-refractivity contribution in [2.75, 3.05) is 18.0 Å². The van der Waals surface area contributed by atoms with Crippen molar-refractivity contribution in [3.05, 3.63) is 69.3 Å². The van der Waals surface area contributed by atoms with Crippen molar-refractivity contribution < 1.29 is 9.59 Å². The van der Waals surface area contributed by atoms with Crippen molar-refractivity contribution in [2.24, 2.45) is 0 Å². The van der Waals surface area contributed by atoms with Crippen molar-refractivity contribution in [3.8, 4) is 0 Å². The molecule has 2 amide bonds. The van der Waals surface area contributed by atoms with Crippen molar-refractivity contribution >= 4 is 46.3 Å². The minimum Gasteiger partial charge on any atom is -0.366 e. The van der Waals surface area contributed by atoms with Crippen molar-refractivity contribution in [2.45, 2.75) is 19.8 Å². The van der Waals surface area contributed by atoms with Gasteiger partial charge in [-0.15, -0.1) is 0 Å². The normalized spacial score (nSPS) is 17.4. The highest BCUT2D eigenvalue weighted by atomic mass is 35.5. The number of imide groups is 1. The van der Waals surface area contributed by atoms with E-state index in [4.69, 9.17) is 23.2 Å². The van der Waals surface area contributed by atoms with Gasteiger partial charge < -0.3 is 4.90 Å². The molecule has 1 fully saturated rings. The molecule has 2 aromatic rings. The summed E-state index contributed by atoms with van der Waals surface area (Å²) >= 11 is 12.4. The summed E-state index contributed by atoms with van der Waals surface area (Å²) in [6.07, 6.45) is 1.99. The molecule has 0 N–H and O–H groups in total. The summed E-state index contributed by atoms with van der Waals surface area (Å²) in [6.45, 7) is 3.44. The lowest BCUT2D eigenvalue weighted by molar-refractivity contribution is -0.120. The molecule has 4 nitrogen and oxygen atoms in total. The predicted octanol–water partition coefficient (Wildman–Crippen LogP) is 4.68. The standard InChI is InChI=1S/C21H18Cl2N2O2/c1-13-5-4-6-15(11-13)25-20(26)18(16-8-7-14(22)12-17(16)23)19(21(25)27)24-9-2-3-10-24/h4-8,11-12H,2-3,9-10H2,1H3. The molecule has 0 aliphatic carbocycles. The first-order chi connectivity index (χ1) is 13.0. The van der Waals surface area contributed by atoms with Crippen LogP contribution < -0.4 is 4.90 Å². The summed E-state index contributed by atoms with van der Waals surface area (Å²) in [5.74, 6) is -0.648. The van der Waals surface area contributed by atoms with E-state index in [-0.39, 0.29) is 11.8 Å². The van der Waals surface area contributed by atoms with E-state index >= 15 is 0 Å². The third kappa shape index (κ3) is 3.13. The Bertz CT molecular complexity index is 978. The van der Waals surface area contributed by atoms with E-state index in [0.717, 1.165) is 31.5 Å². The zero-order chi connectivity index (χ0) is 19.1. The number of halogens is 2. The second kappa shape index (κ2) is 7.02. The van der Waals surface area contributed by atoms with Gasteiger partial charge in [-0.1, -0.05) is 41.4 Å². The molecule has 2 aliphatic rings. The average molecular weight is 401 g/mol. The van der Waals surface area contributed by atoms with Gasteiger partial charge >= 0.3 is 0 Å². The molecule has 2 aliphatic heterocycles. The molecule has 138 valence electrons. The van der Waals surface area contributed by atoms with Crippen LogP contribution in [-0.2, 0) is 9.59 Å². The number of carbonyl (C=O) groups is 2. The monoisotopic (exact) mass is 400 g/mol. The molecular weight excluding hydrogens is 383 g/mol. The van der Waals surface area contributed by atoms with E-state index in [0.29, 0.717) is 32.6 Å². The molecular formula is C21H18Cl2N2O2. The minimum absolute atomic E-state index is 0.298. The molecule has 0 radical (unpaired) electrons. The third-order valence-electron chi connectivity index (χ3n) is 4.94. The summed E-state index contributed by atoms with van der Waals surface area (Å²) in [6, 6.07) is 12.4. The Morgan fingerprint density at radius 2 is 1.67 bits per heavy atom. The third-order valence-corrected chi connectivity index (χ3v) is 5.49. The zero-order valence-electron chi connectivity index (χ0n) is 14.8. The van der Waals surface area contributed by atoms with Gasteiger partial charge in [-0.05, 0) is 49.6 Å². The molecule has 0 bridgehead atoms. The first kappa shape index (κ1) is 18.1. The summed E-state index contributed by atoms with van der Waals surface area (Å²) in [4.78, 5) is 29.9. The van der Waals surface area contributed by atoms with Crippen LogP contribution in [0.25, 0.3) is 5.57 Å². The van der Waals surface area contributed by atoms with E-state index in [2.05, 4.69) is 0 Å². The van der Waals surface area contributed by atoms with Crippen LogP contribution in [0, 0.1) is 6.92 Å². The lowest BCUT2D eigenvalue weighted by Gasteiger charge is -2.20. The number of benzene rings is 2. The maximum atomic E-state index is 13.4. The highest BCUT2D eigenvalue weighted by Gasteiger charge is 2.43. The molecule has 6 heteroatoms. The topological polar surface area (TPSA) is 40.6 Å². The zero-order valence-corrected chi connectivity index (χ0v) is 16.3. The first-order valence-corrected chi connectivity index (χ1v) is 9.63. The highest BCUT2D eigenvalue weighted by Crippen LogP contribution is 2.39. The van der Waals surface area contributed by atoms with Crippen LogP contribution in [0.1, 0.15) is 24.0 Å². The molecule has 0 unspecified atom stereocenters. The van der Waals surface area contributed by atoms with Gasteiger partial charge in [0.25, 0.3) is 11.8 Å². The number of likely N-dealkylation sites (tertiary alicyclic amines) is 1. The van der Waals surface area contributed by atoms with Gasteiger partial charge in [-0.2, -0.15) is 0 Å². The SMILES string of the molecule is Cc1cccc(N2C(=O)C(c3ccc(Cl)cc3Cl)=C(N3CCCC3)C2=O)c1. The second-order valence-electron chi connectivity index (χ2n) is 6.83. The van der Waals surface area contributed by atoms with E-state index in [1.54, 1.807) is 24.3 Å².